The van der Waals surface area contributed by atoms with Crippen molar-refractivity contribution >= 4 is 27.9 Å². The molecular weight excluding hydrogens is 348 g/mol. The van der Waals surface area contributed by atoms with Crippen LogP contribution < -0.4 is 10.6 Å². The zero-order valence-corrected chi connectivity index (χ0v) is 15.2. The zero-order chi connectivity index (χ0) is 18.7. The summed E-state index contributed by atoms with van der Waals surface area (Å²) in [7, 11) is -3.42. The van der Waals surface area contributed by atoms with Crippen LogP contribution in [-0.2, 0) is 19.6 Å². The van der Waals surface area contributed by atoms with Crippen LogP contribution in [0.3, 0.4) is 0 Å². The second-order valence-electron chi connectivity index (χ2n) is 6.53. The minimum Gasteiger partial charge on any atom is -0.444 e. The lowest BCUT2D eigenvalue weighted by molar-refractivity contribution is -0.117. The van der Waals surface area contributed by atoms with E-state index in [-0.39, 0.29) is 31.3 Å². The third-order valence-corrected chi connectivity index (χ3v) is 4.33. The first-order valence-electron chi connectivity index (χ1n) is 7.80. The average molecular weight is 370 g/mol. The Bertz CT molecular complexity index is 746. The molecule has 0 aliphatic carbocycles. The van der Waals surface area contributed by atoms with Crippen molar-refractivity contribution in [3.63, 3.8) is 0 Å². The number of nitrogens with zero attached hydrogens (tertiary/aromatic N) is 2. The first kappa shape index (κ1) is 19.0. The number of carbonyl (C=O) groups is 2. The molecule has 0 atom stereocenters. The largest absolute Gasteiger partial charge is 0.444 e. The predicted molar refractivity (Wildman–Crippen MR) is 92.4 cm³/mol. The summed E-state index contributed by atoms with van der Waals surface area (Å²) < 4.78 is 31.6. The molecule has 2 N–H and O–H groups in total. The molecule has 0 bridgehead atoms. The van der Waals surface area contributed by atoms with E-state index in [1.54, 1.807) is 31.9 Å². The van der Waals surface area contributed by atoms with Gasteiger partial charge in [0.15, 0.2) is 0 Å². The van der Waals surface area contributed by atoms with Crippen molar-refractivity contribution in [1.82, 2.24) is 15.5 Å². The van der Waals surface area contributed by atoms with E-state index in [0.717, 1.165) is 0 Å². The van der Waals surface area contributed by atoms with E-state index >= 15 is 0 Å². The Hall–Kier alpha value is -2.36. The van der Waals surface area contributed by atoms with E-state index in [2.05, 4.69) is 15.0 Å². The summed E-state index contributed by atoms with van der Waals surface area (Å²) in [6.07, 6.45) is 4.01. The van der Waals surface area contributed by atoms with Crippen LogP contribution in [0.25, 0.3) is 0 Å². The number of hydrogen-bond donors (Lipinski definition) is 2. The number of rotatable bonds is 4. The first-order chi connectivity index (χ1) is 11.6. The molecule has 2 heterocycles. The molecule has 9 nitrogen and oxygen atoms in total. The minimum absolute atomic E-state index is 0.0878. The van der Waals surface area contributed by atoms with Gasteiger partial charge in [0.2, 0.25) is 0 Å². The van der Waals surface area contributed by atoms with Gasteiger partial charge in [0.05, 0.1) is 11.3 Å². The van der Waals surface area contributed by atoms with E-state index in [9.17, 15) is 18.0 Å². The van der Waals surface area contributed by atoms with Crippen LogP contribution in [0.2, 0.25) is 0 Å². The molecule has 0 radical (unpaired) electrons. The summed E-state index contributed by atoms with van der Waals surface area (Å²) in [6.45, 7) is 6.01. The lowest BCUT2D eigenvalue weighted by atomic mass is 10.2. The number of carbonyl (C=O) groups excluding carboxylic acids is 2. The van der Waals surface area contributed by atoms with Gasteiger partial charge in [-0.1, -0.05) is 0 Å². The molecular formula is C15H22N4O5S. The quantitative estimate of drug-likeness (QED) is 0.679. The summed E-state index contributed by atoms with van der Waals surface area (Å²) in [6, 6.07) is 0. The molecule has 0 aromatic rings. The topological polar surface area (TPSA) is 117 Å². The lowest BCUT2D eigenvalue weighted by Gasteiger charge is -2.26. The number of amidine groups is 1. The second kappa shape index (κ2) is 7.26. The summed E-state index contributed by atoms with van der Waals surface area (Å²) in [4.78, 5) is 25.2. The smallest absolute Gasteiger partial charge is 0.407 e. The molecule has 10 heteroatoms. The number of amides is 2. The first-order valence-corrected chi connectivity index (χ1v) is 9.41. The van der Waals surface area contributed by atoms with Gasteiger partial charge in [0.1, 0.15) is 11.4 Å². The number of alkyl carbamates (subject to hydrolysis) is 1. The molecule has 25 heavy (non-hydrogen) atoms. The van der Waals surface area contributed by atoms with Crippen molar-refractivity contribution in [2.45, 2.75) is 26.4 Å². The fourth-order valence-corrected chi connectivity index (χ4v) is 3.06. The highest BCUT2D eigenvalue weighted by Gasteiger charge is 2.24. The Balaban J connectivity index is 1.80. The molecule has 2 aliphatic rings. The summed E-state index contributed by atoms with van der Waals surface area (Å²) in [5.41, 5.74) is -0.192. The van der Waals surface area contributed by atoms with Crippen molar-refractivity contribution in [2.75, 3.05) is 25.4 Å². The third-order valence-electron chi connectivity index (χ3n) is 3.16. The summed E-state index contributed by atoms with van der Waals surface area (Å²) in [5, 5.41) is 5.21. The highest BCUT2D eigenvalue weighted by atomic mass is 32.2. The maximum atomic E-state index is 12.1. The third kappa shape index (κ3) is 5.89. The number of sulfonamides is 1. The molecule has 0 aromatic carbocycles. The van der Waals surface area contributed by atoms with Crippen LogP contribution >= 0.6 is 0 Å². The Kier molecular flexibility index (Phi) is 5.51. The molecule has 2 rings (SSSR count). The molecule has 2 amide bonds. The molecule has 0 fully saturated rings. The maximum Gasteiger partial charge on any atom is 0.407 e. The Morgan fingerprint density at radius 3 is 2.60 bits per heavy atom. The van der Waals surface area contributed by atoms with Gasteiger partial charge < -0.3 is 20.3 Å². The normalized spacial score (nSPS) is 18.6. The van der Waals surface area contributed by atoms with Crippen LogP contribution in [0.4, 0.5) is 4.79 Å². The standard InChI is InChI=1S/C15H22N4O5S/c1-15(2,3)24-14(21)17-7-6-16-13(20)11-4-5-12-18-25(22,23)9-8-19(12)10-11/h4-5,10H,6-9H2,1-3H3,(H,16,20)(H,17,21). The predicted octanol–water partition coefficient (Wildman–Crippen LogP) is 0.125. The van der Waals surface area contributed by atoms with Gasteiger partial charge in [-0.15, -0.1) is 4.40 Å². The minimum atomic E-state index is -3.42. The summed E-state index contributed by atoms with van der Waals surface area (Å²) in [5.74, 6) is -0.112. The van der Waals surface area contributed by atoms with Crippen LogP contribution in [0.5, 0.6) is 0 Å². The van der Waals surface area contributed by atoms with Crippen LogP contribution in [-0.4, -0.2) is 62.1 Å². The average Bonchev–Trinajstić information content (AvgIpc) is 2.48. The molecule has 2 aliphatic heterocycles. The molecule has 0 saturated carbocycles. The monoisotopic (exact) mass is 370 g/mol. The van der Waals surface area contributed by atoms with E-state index in [0.29, 0.717) is 11.4 Å². The Morgan fingerprint density at radius 2 is 1.92 bits per heavy atom. The van der Waals surface area contributed by atoms with E-state index in [1.165, 1.54) is 12.2 Å². The Labute approximate surface area is 146 Å². The van der Waals surface area contributed by atoms with Crippen molar-refractivity contribution in [3.8, 4) is 0 Å². The molecule has 0 aromatic heterocycles. The molecule has 0 unspecified atom stereocenters. The number of nitrogens with one attached hydrogen (secondary N) is 2. The molecule has 0 spiro atoms. The van der Waals surface area contributed by atoms with Gasteiger partial charge >= 0.3 is 6.09 Å². The number of fused-ring (bicyclic) bond motifs is 1. The van der Waals surface area contributed by atoms with Crippen molar-refractivity contribution in [1.29, 1.82) is 0 Å². The van der Waals surface area contributed by atoms with Crippen molar-refractivity contribution in [2.24, 2.45) is 4.40 Å². The SMILES string of the molecule is CC(C)(C)OC(=O)NCCNC(=O)C1=CN2CCS(=O)(=O)N=C2C=C1. The van der Waals surface area contributed by atoms with Crippen molar-refractivity contribution < 1.29 is 22.7 Å². The van der Waals surface area contributed by atoms with Crippen LogP contribution in [0, 0.1) is 0 Å². The van der Waals surface area contributed by atoms with Crippen LogP contribution in [0.15, 0.2) is 28.3 Å². The van der Waals surface area contributed by atoms with Gasteiger partial charge in [0, 0.05) is 25.8 Å². The highest BCUT2D eigenvalue weighted by Crippen LogP contribution is 2.15. The molecule has 0 saturated heterocycles. The van der Waals surface area contributed by atoms with E-state index in [4.69, 9.17) is 4.74 Å². The van der Waals surface area contributed by atoms with Gasteiger partial charge in [-0.2, -0.15) is 0 Å². The number of ether oxygens (including phenoxy) is 1. The highest BCUT2D eigenvalue weighted by molar-refractivity contribution is 7.90. The van der Waals surface area contributed by atoms with Gasteiger partial charge in [0.25, 0.3) is 15.9 Å². The van der Waals surface area contributed by atoms with Crippen molar-refractivity contribution in [3.05, 3.63) is 23.9 Å². The van der Waals surface area contributed by atoms with Gasteiger partial charge in [-0.05, 0) is 32.9 Å². The fraction of sp³-hybridized carbons (Fsp3) is 0.533. The van der Waals surface area contributed by atoms with Gasteiger partial charge in [-0.25, -0.2) is 13.2 Å². The molecule has 138 valence electrons. The Morgan fingerprint density at radius 1 is 1.24 bits per heavy atom. The second-order valence-corrected chi connectivity index (χ2v) is 8.29. The van der Waals surface area contributed by atoms with E-state index < -0.39 is 21.7 Å². The zero-order valence-electron chi connectivity index (χ0n) is 14.4. The lowest BCUT2D eigenvalue weighted by Crippen LogP contribution is -2.40. The van der Waals surface area contributed by atoms with E-state index in [1.807, 2.05) is 0 Å². The summed E-state index contributed by atoms with van der Waals surface area (Å²) >= 11 is 0. The number of hydrogen-bond acceptors (Lipinski definition) is 6. The van der Waals surface area contributed by atoms with Crippen LogP contribution in [0.1, 0.15) is 20.8 Å². The maximum absolute atomic E-state index is 12.1. The fourth-order valence-electron chi connectivity index (χ4n) is 2.09. The van der Waals surface area contributed by atoms with Gasteiger partial charge in [-0.3, -0.25) is 4.79 Å².